The topological polar surface area (TPSA) is 73.6 Å². The van der Waals surface area contributed by atoms with E-state index in [1.54, 1.807) is 11.6 Å². The maximum absolute atomic E-state index is 12.1. The molecule has 0 radical (unpaired) electrons. The average molecular weight is 265 g/mol. The molecular formula is C11H15N5OS. The Hall–Kier alpha value is -1.63. The van der Waals surface area contributed by atoms with E-state index in [0.29, 0.717) is 22.3 Å². The van der Waals surface area contributed by atoms with Crippen molar-refractivity contribution in [1.29, 1.82) is 0 Å². The zero-order valence-corrected chi connectivity index (χ0v) is 11.4. The summed E-state index contributed by atoms with van der Waals surface area (Å²) in [7, 11) is 0. The highest BCUT2D eigenvalue weighted by Gasteiger charge is 2.17. The van der Waals surface area contributed by atoms with Gasteiger partial charge in [0.1, 0.15) is 17.0 Å². The summed E-state index contributed by atoms with van der Waals surface area (Å²) < 4.78 is 5.55. The minimum Gasteiger partial charge on any atom is -0.293 e. The molecule has 0 saturated heterocycles. The van der Waals surface area contributed by atoms with E-state index in [4.69, 9.17) is 0 Å². The molecule has 0 aromatic carbocycles. The molecule has 2 aromatic rings. The Kier molecular flexibility index (Phi) is 3.81. The molecule has 6 nitrogen and oxygen atoms in total. The normalized spacial score (nSPS) is 11.1. The van der Waals surface area contributed by atoms with E-state index in [0.717, 1.165) is 18.1 Å². The average Bonchev–Trinajstić information content (AvgIpc) is 2.88. The summed E-state index contributed by atoms with van der Waals surface area (Å²) in [5, 5.41) is 7.98. The number of rotatable bonds is 5. The zero-order valence-electron chi connectivity index (χ0n) is 10.6. The second-order valence-electron chi connectivity index (χ2n) is 4.54. The van der Waals surface area contributed by atoms with Gasteiger partial charge < -0.3 is 0 Å². The Bertz CT molecular complexity index is 545. The number of nitrogens with zero attached hydrogens (tertiary/aromatic N) is 5. The van der Waals surface area contributed by atoms with Crippen LogP contribution in [0.3, 0.4) is 0 Å². The number of Topliss-reactive ketones (excluding diaryl/α,β-unsaturated/α-hetero) is 1. The van der Waals surface area contributed by atoms with Gasteiger partial charge in [-0.3, -0.25) is 4.79 Å². The van der Waals surface area contributed by atoms with Crippen molar-refractivity contribution in [3.05, 3.63) is 22.7 Å². The molecule has 18 heavy (non-hydrogen) atoms. The van der Waals surface area contributed by atoms with Gasteiger partial charge in [-0.05, 0) is 24.4 Å². The maximum atomic E-state index is 12.1. The van der Waals surface area contributed by atoms with Crippen molar-refractivity contribution in [2.75, 3.05) is 0 Å². The molecule has 0 spiro atoms. The standard InChI is InChI=1S/C11H15N5OS/c1-7(2)5-16-10(12-6-13-16)4-9(17)11-8(3)14-15-18-11/h6-7H,4-5H2,1-3H3. The van der Waals surface area contributed by atoms with Crippen LogP contribution >= 0.6 is 11.5 Å². The quantitative estimate of drug-likeness (QED) is 0.766. The van der Waals surface area contributed by atoms with E-state index in [1.165, 1.54) is 6.33 Å². The molecule has 0 bridgehead atoms. The third kappa shape index (κ3) is 2.79. The van der Waals surface area contributed by atoms with Crippen LogP contribution in [0.4, 0.5) is 0 Å². The molecule has 2 rings (SSSR count). The molecule has 0 unspecified atom stereocenters. The maximum Gasteiger partial charge on any atom is 0.183 e. The molecule has 0 N–H and O–H groups in total. The molecule has 0 amide bonds. The first-order valence-electron chi connectivity index (χ1n) is 5.76. The number of carbonyl (C=O) groups is 1. The van der Waals surface area contributed by atoms with Crippen LogP contribution in [0.15, 0.2) is 6.33 Å². The van der Waals surface area contributed by atoms with E-state index < -0.39 is 0 Å². The first-order chi connectivity index (χ1) is 8.58. The largest absolute Gasteiger partial charge is 0.293 e. The van der Waals surface area contributed by atoms with E-state index in [-0.39, 0.29) is 12.2 Å². The number of hydrogen-bond acceptors (Lipinski definition) is 6. The highest BCUT2D eigenvalue weighted by atomic mass is 32.1. The van der Waals surface area contributed by atoms with Crippen LogP contribution in [0.2, 0.25) is 0 Å². The minimum atomic E-state index is 0.000469. The number of ketones is 1. The summed E-state index contributed by atoms with van der Waals surface area (Å²) in [6.45, 7) is 6.76. The lowest BCUT2D eigenvalue weighted by Crippen LogP contribution is -2.14. The van der Waals surface area contributed by atoms with Crippen molar-refractivity contribution >= 4 is 17.3 Å². The van der Waals surface area contributed by atoms with Crippen LogP contribution in [0, 0.1) is 12.8 Å². The third-order valence-electron chi connectivity index (χ3n) is 2.46. The van der Waals surface area contributed by atoms with Crippen molar-refractivity contribution in [2.45, 2.75) is 33.7 Å². The van der Waals surface area contributed by atoms with Crippen molar-refractivity contribution in [1.82, 2.24) is 24.4 Å². The second kappa shape index (κ2) is 5.34. The second-order valence-corrected chi connectivity index (χ2v) is 5.29. The molecular weight excluding hydrogens is 250 g/mol. The summed E-state index contributed by atoms with van der Waals surface area (Å²) in [4.78, 5) is 16.8. The lowest BCUT2D eigenvalue weighted by Gasteiger charge is -2.07. The Morgan fingerprint density at radius 1 is 1.50 bits per heavy atom. The van der Waals surface area contributed by atoms with Gasteiger partial charge in [0.25, 0.3) is 0 Å². The Morgan fingerprint density at radius 3 is 2.89 bits per heavy atom. The van der Waals surface area contributed by atoms with Crippen molar-refractivity contribution < 1.29 is 4.79 Å². The van der Waals surface area contributed by atoms with Crippen LogP contribution in [-0.4, -0.2) is 30.1 Å². The SMILES string of the molecule is Cc1nnsc1C(=O)Cc1ncnn1CC(C)C. The first kappa shape index (κ1) is 12.8. The Morgan fingerprint density at radius 2 is 2.28 bits per heavy atom. The van der Waals surface area contributed by atoms with Gasteiger partial charge >= 0.3 is 0 Å². The molecule has 0 aliphatic rings. The highest BCUT2D eigenvalue weighted by molar-refractivity contribution is 7.08. The summed E-state index contributed by atoms with van der Waals surface area (Å²) >= 11 is 1.13. The Balaban J connectivity index is 2.13. The van der Waals surface area contributed by atoms with Gasteiger partial charge in [-0.15, -0.1) is 5.10 Å². The van der Waals surface area contributed by atoms with Gasteiger partial charge in [0.2, 0.25) is 0 Å². The zero-order chi connectivity index (χ0) is 13.1. The number of carbonyl (C=O) groups excluding carboxylic acids is 1. The van der Waals surface area contributed by atoms with Crippen molar-refractivity contribution in [3.8, 4) is 0 Å². The van der Waals surface area contributed by atoms with Gasteiger partial charge in [-0.1, -0.05) is 18.3 Å². The van der Waals surface area contributed by atoms with Crippen LogP contribution < -0.4 is 0 Å². The number of aromatic nitrogens is 5. The molecule has 0 aliphatic heterocycles. The lowest BCUT2D eigenvalue weighted by atomic mass is 10.2. The molecule has 0 atom stereocenters. The number of aryl methyl sites for hydroxylation is 1. The van der Waals surface area contributed by atoms with Gasteiger partial charge in [0.15, 0.2) is 5.78 Å². The van der Waals surface area contributed by atoms with E-state index in [1.807, 2.05) is 0 Å². The fourth-order valence-corrected chi connectivity index (χ4v) is 2.23. The van der Waals surface area contributed by atoms with Gasteiger partial charge in [-0.2, -0.15) is 5.10 Å². The van der Waals surface area contributed by atoms with E-state index in [9.17, 15) is 4.79 Å². The number of hydrogen-bond donors (Lipinski definition) is 0. The fourth-order valence-electron chi connectivity index (χ4n) is 1.63. The van der Waals surface area contributed by atoms with E-state index in [2.05, 4.69) is 33.5 Å². The molecule has 2 heterocycles. The molecule has 96 valence electrons. The molecule has 0 saturated carbocycles. The van der Waals surface area contributed by atoms with Crippen LogP contribution in [0.25, 0.3) is 0 Å². The Labute approximate surface area is 109 Å². The molecule has 7 heteroatoms. The monoisotopic (exact) mass is 265 g/mol. The van der Waals surface area contributed by atoms with Crippen molar-refractivity contribution in [2.24, 2.45) is 5.92 Å². The minimum absolute atomic E-state index is 0.000469. The van der Waals surface area contributed by atoms with Crippen LogP contribution in [-0.2, 0) is 13.0 Å². The van der Waals surface area contributed by atoms with Crippen molar-refractivity contribution in [3.63, 3.8) is 0 Å². The van der Waals surface area contributed by atoms with Gasteiger partial charge in [-0.25, -0.2) is 9.67 Å². The predicted molar refractivity (Wildman–Crippen MR) is 67.5 cm³/mol. The summed E-state index contributed by atoms with van der Waals surface area (Å²) in [6.07, 6.45) is 1.74. The lowest BCUT2D eigenvalue weighted by molar-refractivity contribution is 0.0992. The third-order valence-corrected chi connectivity index (χ3v) is 3.33. The smallest absolute Gasteiger partial charge is 0.183 e. The van der Waals surface area contributed by atoms with Crippen LogP contribution in [0.1, 0.15) is 35.0 Å². The van der Waals surface area contributed by atoms with Gasteiger partial charge in [0, 0.05) is 6.54 Å². The molecule has 0 fully saturated rings. The first-order valence-corrected chi connectivity index (χ1v) is 6.54. The fraction of sp³-hybridized carbons (Fsp3) is 0.545. The summed E-state index contributed by atoms with van der Waals surface area (Å²) in [5.41, 5.74) is 0.680. The van der Waals surface area contributed by atoms with Gasteiger partial charge in [0.05, 0.1) is 12.1 Å². The summed E-state index contributed by atoms with van der Waals surface area (Å²) in [6, 6.07) is 0. The summed E-state index contributed by atoms with van der Waals surface area (Å²) in [5.74, 6) is 1.16. The highest BCUT2D eigenvalue weighted by Crippen LogP contribution is 2.13. The van der Waals surface area contributed by atoms with E-state index >= 15 is 0 Å². The predicted octanol–water partition coefficient (Wildman–Crippen LogP) is 1.52. The molecule has 2 aromatic heterocycles. The van der Waals surface area contributed by atoms with Crippen LogP contribution in [0.5, 0.6) is 0 Å². The molecule has 0 aliphatic carbocycles.